The summed E-state index contributed by atoms with van der Waals surface area (Å²) in [5, 5.41) is 12.1. The summed E-state index contributed by atoms with van der Waals surface area (Å²) in [6, 6.07) is 23.6. The average Bonchev–Trinajstić information content (AvgIpc) is 2.67. The fraction of sp³-hybridized carbons (Fsp3) is 0.0476. The zero-order chi connectivity index (χ0) is 17.6. The molecule has 0 unspecified atom stereocenters. The van der Waals surface area contributed by atoms with Crippen LogP contribution in [0.2, 0.25) is 0 Å². The lowest BCUT2D eigenvalue weighted by Crippen LogP contribution is -2.23. The highest BCUT2D eigenvalue weighted by Gasteiger charge is 2.16. The van der Waals surface area contributed by atoms with Crippen LogP contribution in [-0.4, -0.2) is 17.0 Å². The molecule has 124 valence electrons. The van der Waals surface area contributed by atoms with Gasteiger partial charge in [-0.05, 0) is 28.8 Å². The van der Waals surface area contributed by atoms with Crippen molar-refractivity contribution in [1.29, 1.82) is 0 Å². The van der Waals surface area contributed by atoms with Gasteiger partial charge in [-0.15, -0.1) is 0 Å². The summed E-state index contributed by atoms with van der Waals surface area (Å²) in [5.74, 6) is -1.36. The smallest absolute Gasteiger partial charge is 0.335 e. The monoisotopic (exact) mass is 331 g/mol. The number of hydrogen-bond donors (Lipinski definition) is 2. The fourth-order valence-corrected chi connectivity index (χ4v) is 2.61. The standard InChI is InChI=1S/C21H17NO3/c23-20(22-14-15-7-3-1-4-8-15)19-13-17(21(24)25)11-12-18(19)16-9-5-2-6-10-16/h1-13H,14H2,(H,22,23)(H,24,25). The second-order valence-corrected chi connectivity index (χ2v) is 5.60. The van der Waals surface area contributed by atoms with Crippen LogP contribution in [0.1, 0.15) is 26.3 Å². The number of hydrogen-bond acceptors (Lipinski definition) is 2. The minimum absolute atomic E-state index is 0.0875. The first-order chi connectivity index (χ1) is 12.1. The Balaban J connectivity index is 1.93. The minimum atomic E-state index is -1.06. The number of carbonyl (C=O) groups is 2. The number of nitrogens with one attached hydrogen (secondary N) is 1. The van der Waals surface area contributed by atoms with Crippen molar-refractivity contribution >= 4 is 11.9 Å². The molecule has 3 aromatic carbocycles. The lowest BCUT2D eigenvalue weighted by molar-refractivity contribution is 0.0697. The van der Waals surface area contributed by atoms with E-state index in [9.17, 15) is 14.7 Å². The number of carbonyl (C=O) groups excluding carboxylic acids is 1. The molecule has 4 nitrogen and oxygen atoms in total. The zero-order valence-corrected chi connectivity index (χ0v) is 13.5. The van der Waals surface area contributed by atoms with E-state index >= 15 is 0 Å². The highest BCUT2D eigenvalue weighted by atomic mass is 16.4. The van der Waals surface area contributed by atoms with Crippen LogP contribution in [0, 0.1) is 0 Å². The van der Waals surface area contributed by atoms with Gasteiger partial charge in [0.25, 0.3) is 5.91 Å². The Bertz CT molecular complexity index is 890. The van der Waals surface area contributed by atoms with Crippen molar-refractivity contribution < 1.29 is 14.7 Å². The zero-order valence-electron chi connectivity index (χ0n) is 13.5. The Morgan fingerprint density at radius 2 is 1.48 bits per heavy atom. The van der Waals surface area contributed by atoms with E-state index in [1.165, 1.54) is 12.1 Å². The van der Waals surface area contributed by atoms with E-state index in [1.54, 1.807) is 6.07 Å². The van der Waals surface area contributed by atoms with E-state index < -0.39 is 5.97 Å². The first kappa shape index (κ1) is 16.5. The van der Waals surface area contributed by atoms with Crippen LogP contribution in [0.15, 0.2) is 78.9 Å². The molecule has 0 aromatic heterocycles. The molecule has 0 saturated heterocycles. The number of rotatable bonds is 5. The Kier molecular flexibility index (Phi) is 4.90. The van der Waals surface area contributed by atoms with Gasteiger partial charge in [0.1, 0.15) is 0 Å². The van der Waals surface area contributed by atoms with Crippen molar-refractivity contribution in [3.8, 4) is 11.1 Å². The van der Waals surface area contributed by atoms with E-state index in [0.717, 1.165) is 11.1 Å². The van der Waals surface area contributed by atoms with Crippen molar-refractivity contribution in [1.82, 2.24) is 5.32 Å². The molecule has 3 rings (SSSR count). The summed E-state index contributed by atoms with van der Waals surface area (Å²) in [4.78, 5) is 24.0. The number of amides is 1. The van der Waals surface area contributed by atoms with Crippen molar-refractivity contribution in [3.05, 3.63) is 95.6 Å². The highest BCUT2D eigenvalue weighted by molar-refractivity contribution is 6.03. The molecule has 0 radical (unpaired) electrons. The summed E-state index contributed by atoms with van der Waals surface area (Å²) in [6.07, 6.45) is 0. The van der Waals surface area contributed by atoms with Crippen LogP contribution in [0.4, 0.5) is 0 Å². The number of aromatic carboxylic acids is 1. The highest BCUT2D eigenvalue weighted by Crippen LogP contribution is 2.25. The van der Waals surface area contributed by atoms with Crippen LogP contribution < -0.4 is 5.32 Å². The molecule has 0 heterocycles. The first-order valence-corrected chi connectivity index (χ1v) is 7.90. The van der Waals surface area contributed by atoms with Gasteiger partial charge in [0.2, 0.25) is 0 Å². The lowest BCUT2D eigenvalue weighted by Gasteiger charge is -2.12. The van der Waals surface area contributed by atoms with Gasteiger partial charge in [-0.25, -0.2) is 4.79 Å². The van der Waals surface area contributed by atoms with E-state index in [4.69, 9.17) is 0 Å². The quantitative estimate of drug-likeness (QED) is 0.743. The summed E-state index contributed by atoms with van der Waals surface area (Å²) in [5.41, 5.74) is 2.98. The number of benzene rings is 3. The maximum Gasteiger partial charge on any atom is 0.335 e. The van der Waals surface area contributed by atoms with E-state index in [0.29, 0.717) is 17.7 Å². The van der Waals surface area contributed by atoms with Crippen LogP contribution in [-0.2, 0) is 6.54 Å². The van der Waals surface area contributed by atoms with Gasteiger partial charge in [0, 0.05) is 12.1 Å². The van der Waals surface area contributed by atoms with E-state index in [2.05, 4.69) is 5.32 Å². The number of carboxylic acid groups (broad SMARTS) is 1. The summed E-state index contributed by atoms with van der Waals surface area (Å²) in [6.45, 7) is 0.380. The molecule has 0 saturated carbocycles. The van der Waals surface area contributed by atoms with Crippen LogP contribution in [0.3, 0.4) is 0 Å². The molecule has 0 aliphatic heterocycles. The van der Waals surface area contributed by atoms with Crippen molar-refractivity contribution in [2.75, 3.05) is 0 Å². The predicted octanol–water partition coefficient (Wildman–Crippen LogP) is 3.98. The van der Waals surface area contributed by atoms with Gasteiger partial charge in [-0.3, -0.25) is 4.79 Å². The Labute approximate surface area is 145 Å². The first-order valence-electron chi connectivity index (χ1n) is 7.90. The second-order valence-electron chi connectivity index (χ2n) is 5.60. The van der Waals surface area contributed by atoms with Crippen LogP contribution in [0.25, 0.3) is 11.1 Å². The summed E-state index contributed by atoms with van der Waals surface area (Å²) < 4.78 is 0. The summed E-state index contributed by atoms with van der Waals surface area (Å²) >= 11 is 0. The molecule has 25 heavy (non-hydrogen) atoms. The Morgan fingerprint density at radius 3 is 2.12 bits per heavy atom. The third-order valence-electron chi connectivity index (χ3n) is 3.89. The van der Waals surface area contributed by atoms with Crippen molar-refractivity contribution in [2.45, 2.75) is 6.54 Å². The van der Waals surface area contributed by atoms with Gasteiger partial charge >= 0.3 is 5.97 Å². The lowest BCUT2D eigenvalue weighted by atomic mass is 9.97. The Morgan fingerprint density at radius 1 is 0.840 bits per heavy atom. The normalized spacial score (nSPS) is 10.2. The molecule has 1 amide bonds. The molecular formula is C21H17NO3. The van der Waals surface area contributed by atoms with Gasteiger partial charge in [-0.2, -0.15) is 0 Å². The molecule has 0 spiro atoms. The molecule has 0 atom stereocenters. The molecular weight excluding hydrogens is 314 g/mol. The predicted molar refractivity (Wildman–Crippen MR) is 96.4 cm³/mol. The van der Waals surface area contributed by atoms with Gasteiger partial charge in [-0.1, -0.05) is 66.7 Å². The largest absolute Gasteiger partial charge is 0.478 e. The SMILES string of the molecule is O=C(O)c1ccc(-c2ccccc2)c(C(=O)NCc2ccccc2)c1. The fourth-order valence-electron chi connectivity index (χ4n) is 2.61. The summed E-state index contributed by atoms with van der Waals surface area (Å²) in [7, 11) is 0. The van der Waals surface area contributed by atoms with Crippen LogP contribution in [0.5, 0.6) is 0 Å². The molecule has 0 bridgehead atoms. The molecule has 4 heteroatoms. The molecule has 0 fully saturated rings. The number of carboxylic acids is 1. The third kappa shape index (κ3) is 3.93. The Hall–Kier alpha value is -3.40. The van der Waals surface area contributed by atoms with E-state index in [1.807, 2.05) is 60.7 Å². The van der Waals surface area contributed by atoms with Crippen molar-refractivity contribution in [3.63, 3.8) is 0 Å². The van der Waals surface area contributed by atoms with Gasteiger partial charge in [0.15, 0.2) is 0 Å². The van der Waals surface area contributed by atoms with Crippen molar-refractivity contribution in [2.24, 2.45) is 0 Å². The minimum Gasteiger partial charge on any atom is -0.478 e. The van der Waals surface area contributed by atoms with Crippen LogP contribution >= 0.6 is 0 Å². The molecule has 0 aliphatic carbocycles. The maximum atomic E-state index is 12.7. The van der Waals surface area contributed by atoms with Gasteiger partial charge in [0.05, 0.1) is 5.56 Å². The maximum absolute atomic E-state index is 12.7. The second kappa shape index (κ2) is 7.45. The average molecular weight is 331 g/mol. The molecule has 0 aliphatic rings. The molecule has 3 aromatic rings. The third-order valence-corrected chi connectivity index (χ3v) is 3.89. The molecule has 2 N–H and O–H groups in total. The topological polar surface area (TPSA) is 66.4 Å². The van der Waals surface area contributed by atoms with E-state index in [-0.39, 0.29) is 11.5 Å². The van der Waals surface area contributed by atoms with Gasteiger partial charge < -0.3 is 10.4 Å².